The Labute approximate surface area is 117 Å². The first-order valence-corrected chi connectivity index (χ1v) is 6.62. The van der Waals surface area contributed by atoms with Crippen molar-refractivity contribution < 1.29 is 9.59 Å². The van der Waals surface area contributed by atoms with Gasteiger partial charge < -0.3 is 9.80 Å². The zero-order chi connectivity index (χ0) is 14.0. The second-order valence-corrected chi connectivity index (χ2v) is 5.37. The SMILES string of the molecule is CN(C)C(=O)C1CCC(=O)N1Cc1ccc(Cl)cc1. The summed E-state index contributed by atoms with van der Waals surface area (Å²) in [6, 6.07) is 7.01. The van der Waals surface area contributed by atoms with Gasteiger partial charge in [0.2, 0.25) is 11.8 Å². The molecular weight excluding hydrogens is 264 g/mol. The van der Waals surface area contributed by atoms with E-state index in [4.69, 9.17) is 11.6 Å². The topological polar surface area (TPSA) is 40.6 Å². The monoisotopic (exact) mass is 280 g/mol. The molecule has 1 heterocycles. The smallest absolute Gasteiger partial charge is 0.244 e. The van der Waals surface area contributed by atoms with Gasteiger partial charge in [-0.1, -0.05) is 23.7 Å². The van der Waals surface area contributed by atoms with Crippen LogP contribution in [0, 0.1) is 0 Å². The fourth-order valence-electron chi connectivity index (χ4n) is 2.27. The van der Waals surface area contributed by atoms with Crippen molar-refractivity contribution >= 4 is 23.4 Å². The van der Waals surface area contributed by atoms with E-state index in [1.807, 2.05) is 12.1 Å². The fraction of sp³-hybridized carbons (Fsp3) is 0.429. The highest BCUT2D eigenvalue weighted by molar-refractivity contribution is 6.30. The van der Waals surface area contributed by atoms with Crippen LogP contribution in [0.15, 0.2) is 24.3 Å². The molecule has 0 bridgehead atoms. The number of halogens is 1. The molecule has 1 fully saturated rings. The summed E-state index contributed by atoms with van der Waals surface area (Å²) in [5, 5.41) is 0.664. The molecule has 1 aromatic carbocycles. The molecule has 0 N–H and O–H groups in total. The van der Waals surface area contributed by atoms with Gasteiger partial charge in [0, 0.05) is 32.1 Å². The van der Waals surface area contributed by atoms with E-state index < -0.39 is 0 Å². The van der Waals surface area contributed by atoms with Gasteiger partial charge in [-0.05, 0) is 24.1 Å². The first-order valence-electron chi connectivity index (χ1n) is 6.24. The van der Waals surface area contributed by atoms with Gasteiger partial charge in [0.15, 0.2) is 0 Å². The van der Waals surface area contributed by atoms with Crippen molar-refractivity contribution in [2.75, 3.05) is 14.1 Å². The number of hydrogen-bond acceptors (Lipinski definition) is 2. The van der Waals surface area contributed by atoms with Gasteiger partial charge in [0.05, 0.1) is 0 Å². The summed E-state index contributed by atoms with van der Waals surface area (Å²) in [4.78, 5) is 27.2. The van der Waals surface area contributed by atoms with Crippen LogP contribution in [0.25, 0.3) is 0 Å². The molecular formula is C14H17ClN2O2. The van der Waals surface area contributed by atoms with Gasteiger partial charge in [0.1, 0.15) is 6.04 Å². The van der Waals surface area contributed by atoms with E-state index in [1.54, 1.807) is 31.1 Å². The molecule has 1 aromatic rings. The van der Waals surface area contributed by atoms with Crippen molar-refractivity contribution in [1.29, 1.82) is 0 Å². The Hall–Kier alpha value is -1.55. The number of hydrogen-bond donors (Lipinski definition) is 0. The molecule has 1 saturated heterocycles. The van der Waals surface area contributed by atoms with Gasteiger partial charge in [-0.25, -0.2) is 0 Å². The minimum Gasteiger partial charge on any atom is -0.347 e. The standard InChI is InChI=1S/C14H17ClN2O2/c1-16(2)14(19)12-7-8-13(18)17(12)9-10-3-5-11(15)6-4-10/h3-6,12H,7-9H2,1-2H3. The number of benzene rings is 1. The van der Waals surface area contributed by atoms with E-state index in [9.17, 15) is 9.59 Å². The maximum Gasteiger partial charge on any atom is 0.244 e. The Morgan fingerprint density at radius 3 is 2.58 bits per heavy atom. The zero-order valence-electron chi connectivity index (χ0n) is 11.1. The zero-order valence-corrected chi connectivity index (χ0v) is 11.9. The third kappa shape index (κ3) is 3.07. The molecule has 2 amide bonds. The van der Waals surface area contributed by atoms with Gasteiger partial charge in [-0.3, -0.25) is 9.59 Å². The van der Waals surface area contributed by atoms with E-state index in [2.05, 4.69) is 0 Å². The van der Waals surface area contributed by atoms with Crippen LogP contribution in [-0.2, 0) is 16.1 Å². The molecule has 0 aliphatic carbocycles. The van der Waals surface area contributed by atoms with Crippen molar-refractivity contribution in [1.82, 2.24) is 9.80 Å². The minimum atomic E-state index is -0.335. The molecule has 1 unspecified atom stereocenters. The average molecular weight is 281 g/mol. The Kier molecular flexibility index (Phi) is 4.10. The van der Waals surface area contributed by atoms with Crippen LogP contribution in [0.2, 0.25) is 5.02 Å². The highest BCUT2D eigenvalue weighted by atomic mass is 35.5. The summed E-state index contributed by atoms with van der Waals surface area (Å²) >= 11 is 5.84. The quantitative estimate of drug-likeness (QED) is 0.849. The van der Waals surface area contributed by atoms with Crippen LogP contribution in [-0.4, -0.2) is 41.8 Å². The summed E-state index contributed by atoms with van der Waals surface area (Å²) in [7, 11) is 3.43. The largest absolute Gasteiger partial charge is 0.347 e. The number of nitrogens with zero attached hydrogens (tertiary/aromatic N) is 2. The van der Waals surface area contributed by atoms with Gasteiger partial charge >= 0.3 is 0 Å². The van der Waals surface area contributed by atoms with E-state index in [0.717, 1.165) is 5.56 Å². The van der Waals surface area contributed by atoms with Crippen LogP contribution >= 0.6 is 11.6 Å². The molecule has 2 rings (SSSR count). The fourth-order valence-corrected chi connectivity index (χ4v) is 2.40. The van der Waals surface area contributed by atoms with E-state index >= 15 is 0 Å². The summed E-state index contributed by atoms with van der Waals surface area (Å²) in [5.74, 6) is 0.0231. The molecule has 5 heteroatoms. The van der Waals surface area contributed by atoms with E-state index in [0.29, 0.717) is 24.4 Å². The lowest BCUT2D eigenvalue weighted by Gasteiger charge is -2.26. The van der Waals surface area contributed by atoms with Crippen molar-refractivity contribution in [3.05, 3.63) is 34.9 Å². The first-order chi connectivity index (χ1) is 8.99. The third-order valence-electron chi connectivity index (χ3n) is 3.32. The lowest BCUT2D eigenvalue weighted by Crippen LogP contribution is -2.43. The first kappa shape index (κ1) is 13.9. The number of amides is 2. The molecule has 0 aromatic heterocycles. The Morgan fingerprint density at radius 1 is 1.37 bits per heavy atom. The number of rotatable bonds is 3. The number of likely N-dealkylation sites (N-methyl/N-ethyl adjacent to an activating group) is 1. The molecule has 19 heavy (non-hydrogen) atoms. The predicted molar refractivity (Wildman–Crippen MR) is 73.7 cm³/mol. The van der Waals surface area contributed by atoms with Gasteiger partial charge in [-0.15, -0.1) is 0 Å². The molecule has 1 atom stereocenters. The molecule has 1 aliphatic heterocycles. The molecule has 4 nitrogen and oxygen atoms in total. The lowest BCUT2D eigenvalue weighted by atomic mass is 10.1. The Morgan fingerprint density at radius 2 is 2.00 bits per heavy atom. The van der Waals surface area contributed by atoms with Gasteiger partial charge in [0.25, 0.3) is 0 Å². The Bertz CT molecular complexity index is 485. The highest BCUT2D eigenvalue weighted by Gasteiger charge is 2.36. The second kappa shape index (κ2) is 5.61. The maximum atomic E-state index is 12.1. The molecule has 0 spiro atoms. The maximum absolute atomic E-state index is 12.1. The summed E-state index contributed by atoms with van der Waals surface area (Å²) in [5.41, 5.74) is 0.983. The van der Waals surface area contributed by atoms with Crippen LogP contribution < -0.4 is 0 Å². The third-order valence-corrected chi connectivity index (χ3v) is 3.57. The molecule has 1 aliphatic rings. The lowest BCUT2D eigenvalue weighted by molar-refractivity contribution is -0.140. The van der Waals surface area contributed by atoms with Crippen molar-refractivity contribution in [2.24, 2.45) is 0 Å². The summed E-state index contributed by atoms with van der Waals surface area (Å²) in [6.07, 6.45) is 1.04. The van der Waals surface area contributed by atoms with Crippen molar-refractivity contribution in [3.8, 4) is 0 Å². The van der Waals surface area contributed by atoms with E-state index in [1.165, 1.54) is 4.90 Å². The van der Waals surface area contributed by atoms with Crippen LogP contribution in [0.4, 0.5) is 0 Å². The van der Waals surface area contributed by atoms with Gasteiger partial charge in [-0.2, -0.15) is 0 Å². The summed E-state index contributed by atoms with van der Waals surface area (Å²) < 4.78 is 0. The number of likely N-dealkylation sites (tertiary alicyclic amines) is 1. The minimum absolute atomic E-state index is 0.0141. The highest BCUT2D eigenvalue weighted by Crippen LogP contribution is 2.23. The van der Waals surface area contributed by atoms with E-state index in [-0.39, 0.29) is 17.9 Å². The average Bonchev–Trinajstić information content (AvgIpc) is 2.73. The summed E-state index contributed by atoms with van der Waals surface area (Å²) in [6.45, 7) is 0.459. The number of carbonyl (C=O) groups excluding carboxylic acids is 2. The molecule has 0 radical (unpaired) electrons. The van der Waals surface area contributed by atoms with Crippen LogP contribution in [0.5, 0.6) is 0 Å². The molecule has 0 saturated carbocycles. The van der Waals surface area contributed by atoms with Crippen molar-refractivity contribution in [3.63, 3.8) is 0 Å². The predicted octanol–water partition coefficient (Wildman–Crippen LogP) is 1.92. The second-order valence-electron chi connectivity index (χ2n) is 4.94. The van der Waals surface area contributed by atoms with Crippen LogP contribution in [0.1, 0.15) is 18.4 Å². The van der Waals surface area contributed by atoms with Crippen LogP contribution in [0.3, 0.4) is 0 Å². The number of carbonyl (C=O) groups is 2. The van der Waals surface area contributed by atoms with Crippen molar-refractivity contribution in [2.45, 2.75) is 25.4 Å². The Balaban J connectivity index is 2.14. The normalized spacial score (nSPS) is 18.8. The molecule has 102 valence electrons.